The third-order valence-electron chi connectivity index (χ3n) is 5.28. The molecule has 6 nitrogen and oxygen atoms in total. The Bertz CT molecular complexity index is 905. The van der Waals surface area contributed by atoms with E-state index in [-0.39, 0.29) is 25.3 Å². The van der Waals surface area contributed by atoms with Crippen molar-refractivity contribution in [2.75, 3.05) is 27.8 Å². The predicted octanol–water partition coefficient (Wildman–Crippen LogP) is 5.04. The number of ketones is 1. The van der Waals surface area contributed by atoms with E-state index >= 15 is 0 Å². The number of carbonyl (C=O) groups excluding carboxylic acids is 1. The van der Waals surface area contributed by atoms with E-state index in [1.807, 2.05) is 25.1 Å². The van der Waals surface area contributed by atoms with Gasteiger partial charge in [0.15, 0.2) is 24.1 Å². The first-order chi connectivity index (χ1) is 14.5. The van der Waals surface area contributed by atoms with Crippen LogP contribution >= 0.6 is 0 Å². The Morgan fingerprint density at radius 2 is 2.00 bits per heavy atom. The van der Waals surface area contributed by atoms with Crippen molar-refractivity contribution in [2.24, 2.45) is 0 Å². The molecule has 0 saturated heterocycles. The van der Waals surface area contributed by atoms with Crippen molar-refractivity contribution in [3.8, 4) is 23.0 Å². The average Bonchev–Trinajstić information content (AvgIpc) is 3.20. The van der Waals surface area contributed by atoms with Crippen LogP contribution in [0.2, 0.25) is 0 Å². The molecule has 6 heteroatoms. The molecule has 0 spiro atoms. The number of benzene rings is 2. The van der Waals surface area contributed by atoms with Gasteiger partial charge < -0.3 is 23.7 Å². The highest BCUT2D eigenvalue weighted by Crippen LogP contribution is 2.48. The van der Waals surface area contributed by atoms with Crippen molar-refractivity contribution in [1.29, 1.82) is 0 Å². The second kappa shape index (κ2) is 9.85. The van der Waals surface area contributed by atoms with Gasteiger partial charge >= 0.3 is 0 Å². The molecular weight excluding hydrogens is 384 g/mol. The molecule has 1 aliphatic heterocycles. The third-order valence-corrected chi connectivity index (χ3v) is 5.28. The van der Waals surface area contributed by atoms with Gasteiger partial charge in [0.05, 0.1) is 7.11 Å². The van der Waals surface area contributed by atoms with Crippen LogP contribution in [0.1, 0.15) is 59.7 Å². The van der Waals surface area contributed by atoms with E-state index in [0.29, 0.717) is 35.0 Å². The first-order valence-corrected chi connectivity index (χ1v) is 10.2. The van der Waals surface area contributed by atoms with Crippen molar-refractivity contribution < 1.29 is 28.5 Å². The van der Waals surface area contributed by atoms with Gasteiger partial charge in [-0.05, 0) is 54.7 Å². The minimum atomic E-state index is -0.0341. The van der Waals surface area contributed by atoms with Crippen LogP contribution in [0.25, 0.3) is 0 Å². The maximum absolute atomic E-state index is 13.0. The fourth-order valence-electron chi connectivity index (χ4n) is 3.90. The van der Waals surface area contributed by atoms with Crippen LogP contribution in [-0.2, 0) is 11.2 Å². The quantitative estimate of drug-likeness (QED) is 0.401. The number of Topliss-reactive ketones (excluding diaryl/α,β-unsaturated/α-hetero) is 1. The molecule has 1 aliphatic rings. The third kappa shape index (κ3) is 4.54. The highest BCUT2D eigenvalue weighted by Gasteiger charge is 2.28. The van der Waals surface area contributed by atoms with Crippen LogP contribution in [-0.4, -0.2) is 33.6 Å². The first-order valence-electron chi connectivity index (χ1n) is 10.2. The highest BCUT2D eigenvalue weighted by atomic mass is 16.7. The number of methoxy groups -OCH3 is 2. The molecule has 3 rings (SSSR count). The maximum atomic E-state index is 13.0. The van der Waals surface area contributed by atoms with Crippen molar-refractivity contribution in [1.82, 2.24) is 0 Å². The van der Waals surface area contributed by atoms with Crippen LogP contribution in [0.15, 0.2) is 24.3 Å². The van der Waals surface area contributed by atoms with Crippen molar-refractivity contribution >= 4 is 5.78 Å². The molecule has 30 heavy (non-hydrogen) atoms. The lowest BCUT2D eigenvalue weighted by Gasteiger charge is -2.21. The molecule has 0 aliphatic carbocycles. The van der Waals surface area contributed by atoms with Gasteiger partial charge in [-0.2, -0.15) is 0 Å². The summed E-state index contributed by atoms with van der Waals surface area (Å²) in [5.74, 6) is 2.76. The maximum Gasteiger partial charge on any atom is 0.231 e. The Labute approximate surface area is 178 Å². The summed E-state index contributed by atoms with van der Waals surface area (Å²) in [6.45, 7) is 6.47. The Morgan fingerprint density at radius 3 is 2.67 bits per heavy atom. The Kier molecular flexibility index (Phi) is 7.21. The second-order valence-electron chi connectivity index (χ2n) is 7.53. The number of hydrogen-bond acceptors (Lipinski definition) is 6. The molecule has 1 heterocycles. The molecule has 1 atom stereocenters. The van der Waals surface area contributed by atoms with E-state index in [9.17, 15) is 4.79 Å². The van der Waals surface area contributed by atoms with Gasteiger partial charge in [0.25, 0.3) is 0 Å². The molecule has 1 unspecified atom stereocenters. The smallest absolute Gasteiger partial charge is 0.231 e. The normalized spacial score (nSPS) is 13.2. The van der Waals surface area contributed by atoms with Crippen LogP contribution in [0, 0.1) is 6.92 Å². The molecule has 2 aromatic rings. The summed E-state index contributed by atoms with van der Waals surface area (Å²) in [5.41, 5.74) is 3.73. The van der Waals surface area contributed by atoms with E-state index in [1.165, 1.54) is 0 Å². The van der Waals surface area contributed by atoms with E-state index in [0.717, 1.165) is 29.5 Å². The van der Waals surface area contributed by atoms with Gasteiger partial charge in [-0.25, -0.2) is 0 Å². The van der Waals surface area contributed by atoms with Gasteiger partial charge in [-0.15, -0.1) is 0 Å². The lowest BCUT2D eigenvalue weighted by molar-refractivity contribution is 0.0506. The number of rotatable bonds is 10. The van der Waals surface area contributed by atoms with E-state index < -0.39 is 0 Å². The molecule has 2 aromatic carbocycles. The standard InChI is InChI=1S/C24H30O6/c1-6-7-18-12-21-23(30-14-29-21)24(27-5)22(18)16(3)11-19(25)17-8-9-20(15(2)10-17)28-13-26-4/h8-10,12,16H,6-7,11,13-14H2,1-5H3. The van der Waals surface area contributed by atoms with E-state index in [4.69, 9.17) is 23.7 Å². The zero-order valence-corrected chi connectivity index (χ0v) is 18.4. The van der Waals surface area contributed by atoms with Gasteiger partial charge in [-0.3, -0.25) is 4.79 Å². The molecule has 0 aromatic heterocycles. The van der Waals surface area contributed by atoms with Crippen LogP contribution in [0.3, 0.4) is 0 Å². The van der Waals surface area contributed by atoms with Crippen molar-refractivity contribution in [3.05, 3.63) is 46.5 Å². The lowest BCUT2D eigenvalue weighted by Crippen LogP contribution is -2.10. The van der Waals surface area contributed by atoms with E-state index in [2.05, 4.69) is 13.8 Å². The molecule has 0 N–H and O–H groups in total. The summed E-state index contributed by atoms with van der Waals surface area (Å²) in [6.07, 6.45) is 2.23. The van der Waals surface area contributed by atoms with Crippen LogP contribution in [0.4, 0.5) is 0 Å². The molecule has 0 fully saturated rings. The summed E-state index contributed by atoms with van der Waals surface area (Å²) >= 11 is 0. The number of fused-ring (bicyclic) bond motifs is 1. The van der Waals surface area contributed by atoms with Gasteiger partial charge in [0.1, 0.15) is 5.75 Å². The Hall–Kier alpha value is -2.73. The monoisotopic (exact) mass is 414 g/mol. The fourth-order valence-corrected chi connectivity index (χ4v) is 3.90. The zero-order valence-electron chi connectivity index (χ0n) is 18.4. The highest BCUT2D eigenvalue weighted by molar-refractivity contribution is 5.97. The predicted molar refractivity (Wildman–Crippen MR) is 114 cm³/mol. The minimum Gasteiger partial charge on any atom is -0.492 e. The Morgan fingerprint density at radius 1 is 1.20 bits per heavy atom. The molecule has 0 bridgehead atoms. The minimum absolute atomic E-state index is 0.0341. The molecule has 162 valence electrons. The first kappa shape index (κ1) is 22.0. The molecule has 0 radical (unpaired) electrons. The summed E-state index contributed by atoms with van der Waals surface area (Å²) in [5, 5.41) is 0. The SMILES string of the molecule is CCCc1cc2c(c(OC)c1C(C)CC(=O)c1ccc(OCOC)c(C)c1)OCO2. The summed E-state index contributed by atoms with van der Waals surface area (Å²) in [7, 11) is 3.21. The lowest BCUT2D eigenvalue weighted by atomic mass is 9.87. The number of hydrogen-bond donors (Lipinski definition) is 0. The summed E-state index contributed by atoms with van der Waals surface area (Å²) < 4.78 is 27.4. The van der Waals surface area contributed by atoms with Gasteiger partial charge in [-0.1, -0.05) is 20.3 Å². The van der Waals surface area contributed by atoms with Crippen LogP contribution < -0.4 is 18.9 Å². The zero-order chi connectivity index (χ0) is 21.7. The number of aryl methyl sites for hydroxylation is 2. The number of ether oxygens (including phenoxy) is 5. The second-order valence-corrected chi connectivity index (χ2v) is 7.53. The van der Waals surface area contributed by atoms with Crippen molar-refractivity contribution in [2.45, 2.75) is 46.0 Å². The van der Waals surface area contributed by atoms with E-state index in [1.54, 1.807) is 20.3 Å². The van der Waals surface area contributed by atoms with Crippen LogP contribution in [0.5, 0.6) is 23.0 Å². The largest absolute Gasteiger partial charge is 0.492 e. The average molecular weight is 414 g/mol. The topological polar surface area (TPSA) is 63.2 Å². The van der Waals surface area contributed by atoms with Gasteiger partial charge in [0.2, 0.25) is 12.5 Å². The molecule has 0 amide bonds. The summed E-state index contributed by atoms with van der Waals surface area (Å²) in [4.78, 5) is 13.0. The summed E-state index contributed by atoms with van der Waals surface area (Å²) in [6, 6.07) is 7.51. The molecular formula is C24H30O6. The Balaban J connectivity index is 1.86. The van der Waals surface area contributed by atoms with Gasteiger partial charge in [0, 0.05) is 24.7 Å². The fraction of sp³-hybridized carbons (Fsp3) is 0.458. The molecule has 0 saturated carbocycles. The van der Waals surface area contributed by atoms with Crippen molar-refractivity contribution in [3.63, 3.8) is 0 Å². The number of carbonyl (C=O) groups is 1.